The number of carbonyl (C=O) groups excluding carboxylic acids is 1. The number of rotatable bonds is 4. The van der Waals surface area contributed by atoms with Gasteiger partial charge in [-0.25, -0.2) is 0 Å². The van der Waals surface area contributed by atoms with Crippen molar-refractivity contribution in [1.82, 2.24) is 4.57 Å². The fraction of sp³-hybridized carbons (Fsp3) is 0.438. The zero-order chi connectivity index (χ0) is 14.2. The summed E-state index contributed by atoms with van der Waals surface area (Å²) in [5.74, 6) is 0.118. The van der Waals surface area contributed by atoms with Crippen LogP contribution in [0.5, 0.6) is 0 Å². The van der Waals surface area contributed by atoms with Crippen LogP contribution in [0.25, 0.3) is 10.9 Å². The molecule has 0 aliphatic heterocycles. The third-order valence-corrected chi connectivity index (χ3v) is 3.14. The molecule has 0 fully saturated rings. The molecule has 2 aromatic rings. The molecular formula is C16H21NO2. The number of para-hydroxylation sites is 1. The molecule has 1 aromatic heterocycles. The number of aliphatic hydroxyl groups is 1. The molecule has 0 saturated heterocycles. The van der Waals surface area contributed by atoms with Crippen molar-refractivity contribution < 1.29 is 9.90 Å². The van der Waals surface area contributed by atoms with Gasteiger partial charge in [-0.1, -0.05) is 32.0 Å². The van der Waals surface area contributed by atoms with Crippen molar-refractivity contribution in [3.63, 3.8) is 0 Å². The van der Waals surface area contributed by atoms with E-state index in [0.29, 0.717) is 6.54 Å². The third-order valence-electron chi connectivity index (χ3n) is 3.14. The maximum Gasteiger partial charge on any atom is 0.167 e. The summed E-state index contributed by atoms with van der Waals surface area (Å²) in [5, 5.41) is 10.9. The Balaban J connectivity index is 2.58. The number of nitrogens with zero attached hydrogens (tertiary/aromatic N) is 1. The smallest absolute Gasteiger partial charge is 0.167 e. The highest BCUT2D eigenvalue weighted by molar-refractivity contribution is 6.08. The number of aromatic nitrogens is 1. The number of hydrogen-bond acceptors (Lipinski definition) is 2. The predicted octanol–water partition coefficient (Wildman–Crippen LogP) is 3.25. The minimum absolute atomic E-state index is 0.0265. The average Bonchev–Trinajstić information content (AvgIpc) is 2.65. The fourth-order valence-corrected chi connectivity index (χ4v) is 2.30. The van der Waals surface area contributed by atoms with Gasteiger partial charge in [0.15, 0.2) is 5.78 Å². The molecule has 102 valence electrons. The number of benzene rings is 1. The van der Waals surface area contributed by atoms with Crippen molar-refractivity contribution in [2.24, 2.45) is 5.92 Å². The highest BCUT2D eigenvalue weighted by Crippen LogP contribution is 2.25. The van der Waals surface area contributed by atoms with Crippen LogP contribution in [0.1, 0.15) is 38.1 Å². The summed E-state index contributed by atoms with van der Waals surface area (Å²) in [6.07, 6.45) is 1.87. The van der Waals surface area contributed by atoms with Gasteiger partial charge < -0.3 is 9.67 Å². The quantitative estimate of drug-likeness (QED) is 0.856. The SMILES string of the molecule is CC(C)C(=O)c1cn(CC(C)(C)O)c2ccccc12. The minimum Gasteiger partial charge on any atom is -0.389 e. The molecule has 19 heavy (non-hydrogen) atoms. The van der Waals surface area contributed by atoms with Gasteiger partial charge in [-0.3, -0.25) is 4.79 Å². The molecule has 0 bridgehead atoms. The first kappa shape index (κ1) is 13.8. The number of ketones is 1. The van der Waals surface area contributed by atoms with Gasteiger partial charge in [0.05, 0.1) is 12.1 Å². The number of hydrogen-bond donors (Lipinski definition) is 1. The highest BCUT2D eigenvalue weighted by Gasteiger charge is 2.20. The summed E-state index contributed by atoms with van der Waals surface area (Å²) < 4.78 is 1.96. The summed E-state index contributed by atoms with van der Waals surface area (Å²) in [6.45, 7) is 7.82. The van der Waals surface area contributed by atoms with Crippen molar-refractivity contribution >= 4 is 16.7 Å². The van der Waals surface area contributed by atoms with E-state index < -0.39 is 5.60 Å². The largest absolute Gasteiger partial charge is 0.389 e. The lowest BCUT2D eigenvalue weighted by molar-refractivity contribution is 0.0627. The second-order valence-electron chi connectivity index (χ2n) is 6.02. The molecule has 0 atom stereocenters. The van der Waals surface area contributed by atoms with E-state index in [1.165, 1.54) is 0 Å². The van der Waals surface area contributed by atoms with Crippen LogP contribution in [-0.4, -0.2) is 21.1 Å². The van der Waals surface area contributed by atoms with Crippen molar-refractivity contribution in [1.29, 1.82) is 0 Å². The number of Topliss-reactive ketones (excluding diaryl/α,β-unsaturated/α-hetero) is 1. The third kappa shape index (κ3) is 2.87. The van der Waals surface area contributed by atoms with E-state index in [1.807, 2.05) is 48.9 Å². The van der Waals surface area contributed by atoms with Crippen molar-refractivity contribution in [2.45, 2.75) is 39.8 Å². The van der Waals surface area contributed by atoms with E-state index in [0.717, 1.165) is 16.5 Å². The molecular weight excluding hydrogens is 238 g/mol. The Morgan fingerprint density at radius 1 is 1.32 bits per heavy atom. The van der Waals surface area contributed by atoms with E-state index in [9.17, 15) is 9.90 Å². The Morgan fingerprint density at radius 2 is 1.95 bits per heavy atom. The Kier molecular flexibility index (Phi) is 3.50. The summed E-state index contributed by atoms with van der Waals surface area (Å²) >= 11 is 0. The molecule has 0 unspecified atom stereocenters. The molecule has 3 nitrogen and oxygen atoms in total. The Morgan fingerprint density at radius 3 is 2.53 bits per heavy atom. The van der Waals surface area contributed by atoms with Crippen molar-refractivity contribution in [3.8, 4) is 0 Å². The maximum atomic E-state index is 12.3. The maximum absolute atomic E-state index is 12.3. The number of fused-ring (bicyclic) bond motifs is 1. The summed E-state index contributed by atoms with van der Waals surface area (Å²) in [6, 6.07) is 7.84. The van der Waals surface area contributed by atoms with Crippen molar-refractivity contribution in [2.75, 3.05) is 0 Å². The lowest BCUT2D eigenvalue weighted by atomic mass is 10.0. The summed E-state index contributed by atoms with van der Waals surface area (Å²) in [4.78, 5) is 12.3. The predicted molar refractivity (Wildman–Crippen MR) is 77.4 cm³/mol. The van der Waals surface area contributed by atoms with E-state index in [-0.39, 0.29) is 11.7 Å². The Bertz CT molecular complexity index is 603. The Hall–Kier alpha value is -1.61. The first-order chi connectivity index (χ1) is 8.79. The van der Waals surface area contributed by atoms with Gasteiger partial charge >= 0.3 is 0 Å². The second-order valence-corrected chi connectivity index (χ2v) is 6.02. The molecule has 1 aromatic carbocycles. The average molecular weight is 259 g/mol. The van der Waals surface area contributed by atoms with Gasteiger partial charge in [-0.15, -0.1) is 0 Å². The van der Waals surface area contributed by atoms with Crippen molar-refractivity contribution in [3.05, 3.63) is 36.0 Å². The highest BCUT2D eigenvalue weighted by atomic mass is 16.3. The summed E-state index contributed by atoms with van der Waals surface area (Å²) in [5.41, 5.74) is 0.934. The molecule has 0 saturated carbocycles. The Labute approximate surface area is 113 Å². The number of carbonyl (C=O) groups is 1. The first-order valence-corrected chi connectivity index (χ1v) is 6.64. The van der Waals surface area contributed by atoms with Crippen LogP contribution in [0, 0.1) is 5.92 Å². The van der Waals surface area contributed by atoms with Gasteiger partial charge in [0.2, 0.25) is 0 Å². The summed E-state index contributed by atoms with van der Waals surface area (Å²) in [7, 11) is 0. The van der Waals surface area contributed by atoms with Gasteiger partial charge in [0.1, 0.15) is 0 Å². The van der Waals surface area contributed by atoms with Gasteiger partial charge in [0.25, 0.3) is 0 Å². The van der Waals surface area contributed by atoms with Crippen LogP contribution in [0.3, 0.4) is 0 Å². The normalized spacial score (nSPS) is 12.3. The molecule has 0 aliphatic rings. The second kappa shape index (κ2) is 4.82. The molecule has 0 spiro atoms. The van der Waals surface area contributed by atoms with E-state index in [2.05, 4.69) is 0 Å². The van der Waals surface area contributed by atoms with Gasteiger partial charge in [-0.2, -0.15) is 0 Å². The van der Waals surface area contributed by atoms with Crippen LogP contribution >= 0.6 is 0 Å². The van der Waals surface area contributed by atoms with Crippen LogP contribution < -0.4 is 0 Å². The van der Waals surface area contributed by atoms with Crippen LogP contribution in [0.15, 0.2) is 30.5 Å². The van der Waals surface area contributed by atoms with Gasteiger partial charge in [-0.05, 0) is 19.9 Å². The minimum atomic E-state index is -0.806. The lowest BCUT2D eigenvalue weighted by Gasteiger charge is -2.18. The monoisotopic (exact) mass is 259 g/mol. The van der Waals surface area contributed by atoms with E-state index in [1.54, 1.807) is 13.8 Å². The molecule has 1 heterocycles. The van der Waals surface area contributed by atoms with Crippen LogP contribution in [0.4, 0.5) is 0 Å². The molecule has 1 N–H and O–H groups in total. The fourth-order valence-electron chi connectivity index (χ4n) is 2.30. The first-order valence-electron chi connectivity index (χ1n) is 6.64. The zero-order valence-corrected chi connectivity index (χ0v) is 12.0. The molecule has 0 radical (unpaired) electrons. The zero-order valence-electron chi connectivity index (χ0n) is 12.0. The van der Waals surface area contributed by atoms with E-state index in [4.69, 9.17) is 0 Å². The lowest BCUT2D eigenvalue weighted by Crippen LogP contribution is -2.25. The standard InChI is InChI=1S/C16H21NO2/c1-11(2)15(18)13-9-17(10-16(3,4)19)14-8-6-5-7-12(13)14/h5-9,11,19H,10H2,1-4H3. The van der Waals surface area contributed by atoms with Crippen LogP contribution in [0.2, 0.25) is 0 Å². The van der Waals surface area contributed by atoms with Gasteiger partial charge in [0, 0.05) is 28.6 Å². The topological polar surface area (TPSA) is 42.2 Å². The van der Waals surface area contributed by atoms with E-state index >= 15 is 0 Å². The van der Waals surface area contributed by atoms with Crippen LogP contribution in [-0.2, 0) is 6.54 Å². The molecule has 3 heteroatoms. The molecule has 2 rings (SSSR count). The molecule has 0 aliphatic carbocycles. The molecule has 0 amide bonds.